The van der Waals surface area contributed by atoms with E-state index >= 15 is 0 Å². The molecule has 0 saturated carbocycles. The number of benzene rings is 2. The van der Waals surface area contributed by atoms with Gasteiger partial charge in [0.15, 0.2) is 0 Å². The molecule has 4 aromatic rings. The first kappa shape index (κ1) is 17.8. The molecule has 28 heavy (non-hydrogen) atoms. The van der Waals surface area contributed by atoms with E-state index in [1.165, 1.54) is 5.56 Å². The van der Waals surface area contributed by atoms with Gasteiger partial charge in [0, 0.05) is 22.6 Å². The van der Waals surface area contributed by atoms with Crippen molar-refractivity contribution < 1.29 is 13.9 Å². The van der Waals surface area contributed by atoms with E-state index in [1.807, 2.05) is 30.3 Å². The summed E-state index contributed by atoms with van der Waals surface area (Å²) in [4.78, 5) is 17.2. The molecule has 2 heterocycles. The molecule has 0 spiro atoms. The minimum atomic E-state index is -0.178. The molecule has 0 aliphatic heterocycles. The Bertz CT molecular complexity index is 1120. The summed E-state index contributed by atoms with van der Waals surface area (Å²) in [7, 11) is 1.62. The summed E-state index contributed by atoms with van der Waals surface area (Å²) in [6.45, 7) is 2.39. The molecule has 0 aliphatic rings. The van der Waals surface area contributed by atoms with Crippen molar-refractivity contribution in [3.8, 4) is 17.0 Å². The van der Waals surface area contributed by atoms with Crippen LogP contribution < -0.4 is 10.1 Å². The molecule has 4 rings (SSSR count). The van der Waals surface area contributed by atoms with Gasteiger partial charge in [0.05, 0.1) is 31.1 Å². The normalized spacial score (nSPS) is 10.8. The van der Waals surface area contributed by atoms with Crippen LogP contribution in [0.1, 0.15) is 21.7 Å². The zero-order chi connectivity index (χ0) is 19.5. The topological polar surface area (TPSA) is 64.4 Å². The molecule has 0 atom stereocenters. The van der Waals surface area contributed by atoms with Gasteiger partial charge >= 0.3 is 0 Å². The maximum absolute atomic E-state index is 12.5. The van der Waals surface area contributed by atoms with Crippen molar-refractivity contribution >= 4 is 16.8 Å². The molecule has 2 aromatic heterocycles. The molecule has 0 aliphatic carbocycles. The highest BCUT2D eigenvalue weighted by Gasteiger charge is 2.12. The number of aromatic nitrogens is 1. The van der Waals surface area contributed by atoms with Crippen LogP contribution in [0.15, 0.2) is 71.3 Å². The van der Waals surface area contributed by atoms with Crippen LogP contribution in [0.2, 0.25) is 0 Å². The third kappa shape index (κ3) is 3.60. The van der Waals surface area contributed by atoms with E-state index in [-0.39, 0.29) is 5.91 Å². The lowest BCUT2D eigenvalue weighted by Crippen LogP contribution is -2.22. The number of methoxy groups -OCH3 is 1. The average molecular weight is 372 g/mol. The van der Waals surface area contributed by atoms with Crippen LogP contribution in [0.3, 0.4) is 0 Å². The van der Waals surface area contributed by atoms with Crippen LogP contribution in [-0.2, 0) is 6.54 Å². The molecule has 5 nitrogen and oxygen atoms in total. The quantitative estimate of drug-likeness (QED) is 0.549. The van der Waals surface area contributed by atoms with Gasteiger partial charge in [0.2, 0.25) is 0 Å². The van der Waals surface area contributed by atoms with Crippen molar-refractivity contribution in [1.29, 1.82) is 0 Å². The van der Waals surface area contributed by atoms with E-state index < -0.39 is 0 Å². The summed E-state index contributed by atoms with van der Waals surface area (Å²) < 4.78 is 10.8. The second kappa shape index (κ2) is 7.56. The Morgan fingerprint density at radius 3 is 2.64 bits per heavy atom. The molecular weight excluding hydrogens is 352 g/mol. The number of nitrogens with one attached hydrogen (secondary N) is 1. The van der Waals surface area contributed by atoms with Crippen LogP contribution in [0, 0.1) is 6.92 Å². The number of nitrogens with zero attached hydrogens (tertiary/aromatic N) is 1. The average Bonchev–Trinajstić information content (AvgIpc) is 3.25. The van der Waals surface area contributed by atoms with Crippen LogP contribution in [0.4, 0.5) is 0 Å². The van der Waals surface area contributed by atoms with Crippen LogP contribution in [0.5, 0.6) is 5.75 Å². The number of carbonyl (C=O) groups is 1. The number of rotatable bonds is 5. The first-order valence-electron chi connectivity index (χ1n) is 9.00. The van der Waals surface area contributed by atoms with Gasteiger partial charge in [-0.3, -0.25) is 4.79 Å². The second-order valence-corrected chi connectivity index (χ2v) is 6.57. The monoisotopic (exact) mass is 372 g/mol. The number of furan rings is 1. The van der Waals surface area contributed by atoms with E-state index in [1.54, 1.807) is 31.6 Å². The Kier molecular flexibility index (Phi) is 4.81. The number of hydrogen-bond acceptors (Lipinski definition) is 4. The fourth-order valence-corrected chi connectivity index (χ4v) is 3.06. The Hall–Kier alpha value is -3.60. The Balaban J connectivity index is 1.66. The molecule has 0 unspecified atom stereocenters. The first-order chi connectivity index (χ1) is 13.6. The molecule has 1 N–H and O–H groups in total. The summed E-state index contributed by atoms with van der Waals surface area (Å²) >= 11 is 0. The van der Waals surface area contributed by atoms with Crippen molar-refractivity contribution in [1.82, 2.24) is 10.3 Å². The highest BCUT2D eigenvalue weighted by Crippen LogP contribution is 2.30. The molecule has 5 heteroatoms. The van der Waals surface area contributed by atoms with Gasteiger partial charge in [0.25, 0.3) is 5.91 Å². The number of ether oxygens (including phenoxy) is 1. The van der Waals surface area contributed by atoms with Gasteiger partial charge in [-0.15, -0.1) is 0 Å². The maximum Gasteiger partial charge on any atom is 0.251 e. The van der Waals surface area contributed by atoms with Gasteiger partial charge in [-0.1, -0.05) is 29.8 Å². The van der Waals surface area contributed by atoms with Gasteiger partial charge in [-0.2, -0.15) is 0 Å². The highest BCUT2D eigenvalue weighted by atomic mass is 16.5. The number of amides is 1. The Morgan fingerprint density at radius 1 is 1.11 bits per heavy atom. The standard InChI is InChI=1S/C23H20N2O3/c1-15-5-7-16(8-6-15)21-13-22(27-2)19-12-17(9-10-20(19)25-21)23(26)24-14-18-4-3-11-28-18/h3-13H,14H2,1-2H3,(H,24,26). The molecule has 1 amide bonds. The number of hydrogen-bond donors (Lipinski definition) is 1. The number of pyridine rings is 1. The fourth-order valence-electron chi connectivity index (χ4n) is 3.06. The Labute approximate surface area is 163 Å². The predicted molar refractivity (Wildman–Crippen MR) is 108 cm³/mol. The predicted octanol–water partition coefficient (Wildman–Crippen LogP) is 4.74. The highest BCUT2D eigenvalue weighted by molar-refractivity contribution is 5.99. The van der Waals surface area contributed by atoms with Crippen molar-refractivity contribution in [3.63, 3.8) is 0 Å². The molecule has 0 fully saturated rings. The van der Waals surface area contributed by atoms with Gasteiger partial charge < -0.3 is 14.5 Å². The number of fused-ring (bicyclic) bond motifs is 1. The van der Waals surface area contributed by atoms with Crippen LogP contribution in [0.25, 0.3) is 22.2 Å². The Morgan fingerprint density at radius 2 is 1.93 bits per heavy atom. The minimum Gasteiger partial charge on any atom is -0.496 e. The smallest absolute Gasteiger partial charge is 0.251 e. The molecule has 140 valence electrons. The summed E-state index contributed by atoms with van der Waals surface area (Å²) in [5, 5.41) is 3.65. The van der Waals surface area contributed by atoms with Crippen molar-refractivity contribution in [2.45, 2.75) is 13.5 Å². The van der Waals surface area contributed by atoms with Crippen molar-refractivity contribution in [3.05, 3.63) is 83.8 Å². The summed E-state index contributed by atoms with van der Waals surface area (Å²) in [6, 6.07) is 19.1. The third-order valence-electron chi connectivity index (χ3n) is 4.60. The SMILES string of the molecule is COc1cc(-c2ccc(C)cc2)nc2ccc(C(=O)NCc3ccco3)cc12. The lowest BCUT2D eigenvalue weighted by molar-refractivity contribution is 0.0948. The lowest BCUT2D eigenvalue weighted by Gasteiger charge is -2.11. The zero-order valence-corrected chi connectivity index (χ0v) is 15.7. The molecule has 0 saturated heterocycles. The van der Waals surface area contributed by atoms with E-state index in [0.717, 1.165) is 22.2 Å². The number of aryl methyl sites for hydroxylation is 1. The molecule has 0 bridgehead atoms. The molecule has 0 radical (unpaired) electrons. The third-order valence-corrected chi connectivity index (χ3v) is 4.60. The molecular formula is C23H20N2O3. The van der Waals surface area contributed by atoms with E-state index in [4.69, 9.17) is 14.1 Å². The molecule has 2 aromatic carbocycles. The van der Waals surface area contributed by atoms with Gasteiger partial charge in [-0.05, 0) is 37.3 Å². The largest absolute Gasteiger partial charge is 0.496 e. The summed E-state index contributed by atoms with van der Waals surface area (Å²) in [5.74, 6) is 1.21. The van der Waals surface area contributed by atoms with Crippen molar-refractivity contribution in [2.75, 3.05) is 7.11 Å². The van der Waals surface area contributed by atoms with Crippen molar-refractivity contribution in [2.24, 2.45) is 0 Å². The van der Waals surface area contributed by atoms with Gasteiger partial charge in [-0.25, -0.2) is 4.98 Å². The summed E-state index contributed by atoms with van der Waals surface area (Å²) in [5.41, 5.74) is 4.37. The van der Waals surface area contributed by atoms with E-state index in [9.17, 15) is 4.79 Å². The van der Waals surface area contributed by atoms with E-state index in [0.29, 0.717) is 23.6 Å². The minimum absolute atomic E-state index is 0.178. The maximum atomic E-state index is 12.5. The van der Waals surface area contributed by atoms with Crippen LogP contribution in [-0.4, -0.2) is 18.0 Å². The summed E-state index contributed by atoms with van der Waals surface area (Å²) in [6.07, 6.45) is 1.58. The van der Waals surface area contributed by atoms with E-state index in [2.05, 4.69) is 24.4 Å². The fraction of sp³-hybridized carbons (Fsp3) is 0.130. The second-order valence-electron chi connectivity index (χ2n) is 6.57. The van der Waals surface area contributed by atoms with Gasteiger partial charge in [0.1, 0.15) is 11.5 Å². The number of carbonyl (C=O) groups excluding carboxylic acids is 1. The first-order valence-corrected chi connectivity index (χ1v) is 9.00. The zero-order valence-electron chi connectivity index (χ0n) is 15.7. The van der Waals surface area contributed by atoms with Crippen LogP contribution >= 0.6 is 0 Å². The lowest BCUT2D eigenvalue weighted by atomic mass is 10.1.